The molecule has 55 heteroatoms. The number of amides is 4. The maximum Gasteiger partial charge on any atom is 0.217 e. The molecule has 4 amide bonds. The number of hydrogen-bond donors (Lipinski definition) is 32. The third-order valence-corrected chi connectivity index (χ3v) is 22.4. The second-order valence-corrected chi connectivity index (χ2v) is 31.0. The van der Waals surface area contributed by atoms with Crippen LogP contribution in [0.25, 0.3) is 0 Å². The van der Waals surface area contributed by atoms with E-state index < -0.39 is 397 Å². The van der Waals surface area contributed by atoms with E-state index in [1.165, 1.54) is 0 Å². The van der Waals surface area contributed by atoms with Gasteiger partial charge in [0.1, 0.15) is 244 Å². The van der Waals surface area contributed by atoms with Crippen LogP contribution in [0.15, 0.2) is 0 Å². The molecule has 0 saturated carbocycles. The smallest absolute Gasteiger partial charge is 0.217 e. The molecular weight excluding hydrogens is 1690 g/mol. The van der Waals surface area contributed by atoms with Crippen LogP contribution in [0, 0.1) is 0 Å². The van der Waals surface area contributed by atoms with Gasteiger partial charge >= 0.3 is 0 Å². The standard InChI is InChI=1S/C68H114N4O51/c1-15(81)69-29-40(92)52(117-64-47(99)42(94)33(85)19(5-73)110-64)25(11-79)113-60(29)105-13-27-38(90)57(122-62-31(71-17(3)83)55(36(88)22(8-76)108-62)120-65-48(100)43(95)34(86)20(6-74)111-65)50(102)67(115-27)118-53-26(12-80)114-61(30(41(53)93)70-16(2)82)106-14-28-39(91)58(51(103)68(116-28)119-54-24(10-78)107-59(104)46(98)45(54)97)123-63-32(72-18(4)84)56(37(89)23(9-77)109-63)121-66-49(101)44(96)35(87)21(7-75)112-66/h19-68,73-80,85-104H,5-14H2,1-4H3,(H,69,81)(H,70,82)(H,71,83)(H,72,84)/t19-,20-,21-,22-,23-,24-,25-,26-,27-,28-,29-,30-,31-,32-,33+,34+,35+,36-,37-,38+,39+,40-,41-,42+,43+,44+,45-,46-,47-,48-,49-,50-,51-,52-,53-,54-,55-,56-,57+,58+,59?,60-,61-,62+,63+,64+,65?,66+,67+,68+/m1/s1. The van der Waals surface area contributed by atoms with Crippen LogP contribution >= 0.6 is 0 Å². The molecular formula is C68H114N4O51. The lowest BCUT2D eigenvalue weighted by Crippen LogP contribution is -2.71. The number of rotatable bonds is 32. The van der Waals surface area contributed by atoms with Gasteiger partial charge in [-0.25, -0.2) is 0 Å². The summed E-state index contributed by atoms with van der Waals surface area (Å²) in [5.41, 5.74) is 0. The molecule has 10 fully saturated rings. The Morgan fingerprint density at radius 2 is 0.439 bits per heavy atom. The lowest BCUT2D eigenvalue weighted by Gasteiger charge is -2.51. The summed E-state index contributed by atoms with van der Waals surface area (Å²) < 4.78 is 112. The fraction of sp³-hybridized carbons (Fsp3) is 0.941. The van der Waals surface area contributed by atoms with Gasteiger partial charge in [-0.2, -0.15) is 0 Å². The summed E-state index contributed by atoms with van der Waals surface area (Å²) in [6.07, 6.45) is -96.0. The number of hydrogen-bond acceptors (Lipinski definition) is 51. The van der Waals surface area contributed by atoms with Crippen molar-refractivity contribution in [2.24, 2.45) is 0 Å². The van der Waals surface area contributed by atoms with E-state index in [2.05, 4.69) is 21.3 Å². The highest BCUT2D eigenvalue weighted by atomic mass is 16.8. The Labute approximate surface area is 695 Å². The van der Waals surface area contributed by atoms with Crippen LogP contribution in [0.3, 0.4) is 0 Å². The third-order valence-electron chi connectivity index (χ3n) is 22.4. The van der Waals surface area contributed by atoms with Crippen LogP contribution in [-0.2, 0) is 109 Å². The quantitative estimate of drug-likeness (QED) is 0.0297. The van der Waals surface area contributed by atoms with Crippen LogP contribution < -0.4 is 21.3 Å². The normalized spacial score (nSPS) is 49.4. The van der Waals surface area contributed by atoms with Crippen molar-refractivity contribution in [2.45, 2.75) is 335 Å². The minimum Gasteiger partial charge on any atom is -0.394 e. The number of ether oxygens (including phenoxy) is 19. The van der Waals surface area contributed by atoms with E-state index in [1.807, 2.05) is 0 Å². The fourth-order valence-corrected chi connectivity index (χ4v) is 15.9. The molecule has 2 unspecified atom stereocenters. The second-order valence-electron chi connectivity index (χ2n) is 31.0. The lowest BCUT2D eigenvalue weighted by atomic mass is 9.93. The van der Waals surface area contributed by atoms with Crippen molar-refractivity contribution in [3.63, 3.8) is 0 Å². The molecule has 10 rings (SSSR count). The first-order valence-electron chi connectivity index (χ1n) is 39.1. The Hall–Kier alpha value is -4.00. The molecule has 50 atom stereocenters. The van der Waals surface area contributed by atoms with Crippen LogP contribution in [0.1, 0.15) is 27.7 Å². The highest BCUT2D eigenvalue weighted by Crippen LogP contribution is 2.40. The van der Waals surface area contributed by atoms with Crippen LogP contribution in [0.2, 0.25) is 0 Å². The minimum absolute atomic E-state index is 0.905. The zero-order valence-electron chi connectivity index (χ0n) is 65.9. The first kappa shape index (κ1) is 101. The molecule has 0 bridgehead atoms. The summed E-state index contributed by atoms with van der Waals surface area (Å²) >= 11 is 0. The van der Waals surface area contributed by atoms with Gasteiger partial charge < -0.3 is 254 Å². The first-order valence-corrected chi connectivity index (χ1v) is 39.1. The summed E-state index contributed by atoms with van der Waals surface area (Å²) in [5.74, 6) is -3.86. The first-order chi connectivity index (χ1) is 58.2. The molecule has 0 aromatic carbocycles. The molecule has 0 aromatic heterocycles. The maximum absolute atomic E-state index is 13.3. The molecule has 10 heterocycles. The highest BCUT2D eigenvalue weighted by molar-refractivity contribution is 5.74. The van der Waals surface area contributed by atoms with Crippen LogP contribution in [0.5, 0.6) is 0 Å². The number of nitrogens with one attached hydrogen (secondary N) is 4. The van der Waals surface area contributed by atoms with Crippen molar-refractivity contribution in [1.82, 2.24) is 21.3 Å². The molecule has 0 radical (unpaired) electrons. The molecule has 10 aliphatic rings. The average Bonchev–Trinajstić information content (AvgIpc) is 0.775. The zero-order chi connectivity index (χ0) is 90.5. The van der Waals surface area contributed by atoms with Crippen molar-refractivity contribution in [3.05, 3.63) is 0 Å². The molecule has 32 N–H and O–H groups in total. The van der Waals surface area contributed by atoms with Gasteiger partial charge in [-0.3, -0.25) is 19.2 Å². The number of aliphatic hydroxyl groups excluding tert-OH is 28. The van der Waals surface area contributed by atoms with Crippen molar-refractivity contribution >= 4 is 23.6 Å². The summed E-state index contributed by atoms with van der Waals surface area (Å²) in [6, 6.07) is -7.75. The second kappa shape index (κ2) is 44.3. The van der Waals surface area contributed by atoms with E-state index in [0.29, 0.717) is 0 Å². The van der Waals surface area contributed by atoms with Crippen molar-refractivity contribution < 1.29 is 252 Å². The van der Waals surface area contributed by atoms with Crippen molar-refractivity contribution in [1.29, 1.82) is 0 Å². The van der Waals surface area contributed by atoms with E-state index in [-0.39, 0.29) is 0 Å². The molecule has 55 nitrogen and oxygen atoms in total. The Bertz CT molecular complexity index is 3300. The Morgan fingerprint density at radius 1 is 0.211 bits per heavy atom. The van der Waals surface area contributed by atoms with E-state index >= 15 is 0 Å². The molecule has 0 spiro atoms. The minimum atomic E-state index is -2.54. The van der Waals surface area contributed by atoms with Crippen LogP contribution in [0.4, 0.5) is 0 Å². The van der Waals surface area contributed by atoms with Crippen molar-refractivity contribution in [3.8, 4) is 0 Å². The van der Waals surface area contributed by atoms with E-state index in [1.54, 1.807) is 0 Å². The monoisotopic (exact) mass is 1800 g/mol. The maximum atomic E-state index is 13.3. The Morgan fingerprint density at radius 3 is 0.740 bits per heavy atom. The van der Waals surface area contributed by atoms with Crippen molar-refractivity contribution in [2.75, 3.05) is 66.1 Å². The Kier molecular flexibility index (Phi) is 36.4. The van der Waals surface area contributed by atoms with Gasteiger partial charge in [0.15, 0.2) is 62.9 Å². The largest absolute Gasteiger partial charge is 0.394 e. The number of carbonyl (C=O) groups excluding carboxylic acids is 4. The summed E-state index contributed by atoms with van der Waals surface area (Å²) in [7, 11) is 0. The predicted octanol–water partition coefficient (Wildman–Crippen LogP) is -22.2. The van der Waals surface area contributed by atoms with Gasteiger partial charge in [-0.05, 0) is 0 Å². The number of carbonyl (C=O) groups is 4. The molecule has 0 aliphatic carbocycles. The molecule has 10 saturated heterocycles. The van der Waals surface area contributed by atoms with E-state index in [0.717, 1.165) is 27.7 Å². The van der Waals surface area contributed by atoms with Gasteiger partial charge in [0, 0.05) is 27.7 Å². The van der Waals surface area contributed by atoms with Gasteiger partial charge in [-0.1, -0.05) is 0 Å². The van der Waals surface area contributed by atoms with Gasteiger partial charge in [0.25, 0.3) is 0 Å². The molecule has 712 valence electrons. The van der Waals surface area contributed by atoms with Crippen LogP contribution in [-0.4, -0.2) is 539 Å². The van der Waals surface area contributed by atoms with E-state index in [9.17, 15) is 162 Å². The molecule has 0 aromatic rings. The molecule has 10 aliphatic heterocycles. The summed E-state index contributed by atoms with van der Waals surface area (Å²) in [4.78, 5) is 52.4. The molecule has 123 heavy (non-hydrogen) atoms. The topological polar surface area (TPSA) is 858 Å². The van der Waals surface area contributed by atoms with Gasteiger partial charge in [0.05, 0.1) is 66.1 Å². The summed E-state index contributed by atoms with van der Waals surface area (Å²) in [6.45, 7) is -7.22. The highest BCUT2D eigenvalue weighted by Gasteiger charge is 2.62. The predicted molar refractivity (Wildman–Crippen MR) is 376 cm³/mol. The average molecular weight is 1800 g/mol. The SMILES string of the molecule is CC(=O)N[C@H]1[C@H](OC[C@H]2O[C@@H](O[C@H]3[C@H](O)[C@@H](NC(C)=O)[C@H](OC[C@H]4O[C@@H](O[C@H]5[C@H](O)[C@@H](O)C(O)O[C@@H]5CO)[C@H](O)[C@@H](O[C@@H]5O[C@H](CO)[C@@H](O)[C@H](O[C@@H]6O[C@H](CO)[C@H](O)[C@H](O)[C@H]6O)[C@H]5NC(C)=O)[C@H]4O)O[C@@H]3CO)[C@H](O)[C@@H](O[C@@H]3O[C@H](CO)[C@@H](O)[C@H](OC4O[C@H](CO)[C@H](O)[C@H](O)[C@H]4O)[C@H]3NC(C)=O)[C@H]2O)O[C@H](CO)[C@@H](O[C@@H]2O[C@H](CO)[C@H](O)[C@H](O)[C@H]2O)[C@@H]1O. The van der Waals surface area contributed by atoms with Gasteiger partial charge in [-0.15, -0.1) is 0 Å². The zero-order valence-corrected chi connectivity index (χ0v) is 65.9. The number of aliphatic hydroxyl groups is 28. The lowest BCUT2D eigenvalue weighted by molar-refractivity contribution is -0.386. The van der Waals surface area contributed by atoms with E-state index in [4.69, 9.17) is 90.0 Å². The fourth-order valence-electron chi connectivity index (χ4n) is 15.9. The van der Waals surface area contributed by atoms with Gasteiger partial charge in [0.2, 0.25) is 23.6 Å². The Balaban J connectivity index is 0.958. The summed E-state index contributed by atoms with van der Waals surface area (Å²) in [5, 5.41) is 319. The third kappa shape index (κ3) is 22.4.